The lowest BCUT2D eigenvalue weighted by Crippen LogP contribution is -2.31. The first-order chi connectivity index (χ1) is 5.65. The number of hydrogen-bond acceptors (Lipinski definition) is 1. The Morgan fingerprint density at radius 1 is 1.25 bits per heavy atom. The van der Waals surface area contributed by atoms with Crippen LogP contribution in [0.25, 0.3) is 0 Å². The van der Waals surface area contributed by atoms with Gasteiger partial charge in [-0.05, 0) is 26.8 Å². The molecule has 0 heterocycles. The molecule has 0 aliphatic carbocycles. The standard InChI is InChI=1S/C11H23N/c1-6-10(7-2)11(12-5)8-9(3)4/h8,10-12H,6-7H2,1-5H3. The van der Waals surface area contributed by atoms with Crippen LogP contribution in [0.5, 0.6) is 0 Å². The quantitative estimate of drug-likeness (QED) is 0.624. The monoisotopic (exact) mass is 169 g/mol. The third kappa shape index (κ3) is 3.91. The van der Waals surface area contributed by atoms with Crippen molar-refractivity contribution in [1.82, 2.24) is 5.32 Å². The third-order valence-corrected chi connectivity index (χ3v) is 2.40. The Labute approximate surface area is 77.2 Å². The van der Waals surface area contributed by atoms with E-state index in [9.17, 15) is 0 Å². The lowest BCUT2D eigenvalue weighted by atomic mass is 9.93. The van der Waals surface area contributed by atoms with Crippen molar-refractivity contribution in [3.63, 3.8) is 0 Å². The first-order valence-corrected chi connectivity index (χ1v) is 4.97. The molecular weight excluding hydrogens is 146 g/mol. The van der Waals surface area contributed by atoms with Crippen LogP contribution in [0.2, 0.25) is 0 Å². The second-order valence-corrected chi connectivity index (χ2v) is 3.64. The fourth-order valence-electron chi connectivity index (χ4n) is 1.61. The number of likely N-dealkylation sites (N-methyl/N-ethyl adjacent to an activating group) is 1. The van der Waals surface area contributed by atoms with Crippen molar-refractivity contribution in [1.29, 1.82) is 0 Å². The van der Waals surface area contributed by atoms with Gasteiger partial charge in [0, 0.05) is 6.04 Å². The summed E-state index contributed by atoms with van der Waals surface area (Å²) in [5.74, 6) is 0.782. The summed E-state index contributed by atoms with van der Waals surface area (Å²) < 4.78 is 0. The van der Waals surface area contributed by atoms with E-state index in [2.05, 4.69) is 39.1 Å². The van der Waals surface area contributed by atoms with Gasteiger partial charge in [-0.25, -0.2) is 0 Å². The van der Waals surface area contributed by atoms with E-state index in [1.165, 1.54) is 18.4 Å². The van der Waals surface area contributed by atoms with Gasteiger partial charge in [0.15, 0.2) is 0 Å². The zero-order valence-corrected chi connectivity index (χ0v) is 9.15. The van der Waals surface area contributed by atoms with E-state index in [1.807, 2.05) is 7.05 Å². The maximum Gasteiger partial charge on any atom is 0.0277 e. The van der Waals surface area contributed by atoms with Crippen molar-refractivity contribution in [2.75, 3.05) is 7.05 Å². The number of rotatable bonds is 5. The zero-order valence-electron chi connectivity index (χ0n) is 9.15. The van der Waals surface area contributed by atoms with Crippen molar-refractivity contribution in [2.24, 2.45) is 5.92 Å². The van der Waals surface area contributed by atoms with E-state index >= 15 is 0 Å². The van der Waals surface area contributed by atoms with Gasteiger partial charge in [-0.15, -0.1) is 0 Å². The second kappa shape index (κ2) is 6.24. The van der Waals surface area contributed by atoms with Crippen LogP contribution in [0.1, 0.15) is 40.5 Å². The van der Waals surface area contributed by atoms with Gasteiger partial charge in [-0.2, -0.15) is 0 Å². The summed E-state index contributed by atoms with van der Waals surface area (Å²) in [5.41, 5.74) is 1.40. The SMILES string of the molecule is CCC(CC)C(C=C(C)C)NC. The highest BCUT2D eigenvalue weighted by molar-refractivity contribution is 5.02. The Morgan fingerprint density at radius 3 is 2.00 bits per heavy atom. The van der Waals surface area contributed by atoms with E-state index in [0.717, 1.165) is 5.92 Å². The van der Waals surface area contributed by atoms with E-state index in [0.29, 0.717) is 6.04 Å². The van der Waals surface area contributed by atoms with Crippen LogP contribution >= 0.6 is 0 Å². The van der Waals surface area contributed by atoms with Crippen LogP contribution < -0.4 is 5.32 Å². The Kier molecular flexibility index (Phi) is 6.09. The molecule has 0 rings (SSSR count). The van der Waals surface area contributed by atoms with E-state index in [4.69, 9.17) is 0 Å². The van der Waals surface area contributed by atoms with Crippen molar-refractivity contribution in [3.05, 3.63) is 11.6 Å². The molecule has 1 heteroatoms. The summed E-state index contributed by atoms with van der Waals surface area (Å²) in [6.45, 7) is 8.84. The van der Waals surface area contributed by atoms with Crippen LogP contribution in [0.15, 0.2) is 11.6 Å². The topological polar surface area (TPSA) is 12.0 Å². The van der Waals surface area contributed by atoms with Gasteiger partial charge in [0.2, 0.25) is 0 Å². The molecule has 1 nitrogen and oxygen atoms in total. The summed E-state index contributed by atoms with van der Waals surface area (Å²) in [4.78, 5) is 0. The first kappa shape index (κ1) is 11.7. The smallest absolute Gasteiger partial charge is 0.0277 e. The van der Waals surface area contributed by atoms with Gasteiger partial charge in [-0.1, -0.05) is 38.3 Å². The number of allylic oxidation sites excluding steroid dienone is 1. The van der Waals surface area contributed by atoms with Gasteiger partial charge >= 0.3 is 0 Å². The average molecular weight is 169 g/mol. The molecular formula is C11H23N. The molecule has 0 radical (unpaired) electrons. The molecule has 1 N–H and O–H groups in total. The van der Waals surface area contributed by atoms with Crippen LogP contribution in [0, 0.1) is 5.92 Å². The van der Waals surface area contributed by atoms with Crippen molar-refractivity contribution >= 4 is 0 Å². The fraction of sp³-hybridized carbons (Fsp3) is 0.818. The molecule has 0 saturated heterocycles. The number of nitrogens with one attached hydrogen (secondary N) is 1. The average Bonchev–Trinajstić information content (AvgIpc) is 2.04. The Hall–Kier alpha value is -0.300. The predicted octanol–water partition coefficient (Wildman–Crippen LogP) is 2.98. The zero-order chi connectivity index (χ0) is 9.56. The van der Waals surface area contributed by atoms with Gasteiger partial charge < -0.3 is 5.32 Å². The summed E-state index contributed by atoms with van der Waals surface area (Å²) >= 11 is 0. The van der Waals surface area contributed by atoms with E-state index in [-0.39, 0.29) is 0 Å². The fourth-order valence-corrected chi connectivity index (χ4v) is 1.61. The first-order valence-electron chi connectivity index (χ1n) is 4.97. The second-order valence-electron chi connectivity index (χ2n) is 3.64. The normalized spacial score (nSPS) is 13.2. The van der Waals surface area contributed by atoms with Crippen molar-refractivity contribution in [2.45, 2.75) is 46.6 Å². The van der Waals surface area contributed by atoms with Crippen LogP contribution in [-0.2, 0) is 0 Å². The minimum Gasteiger partial charge on any atom is -0.313 e. The summed E-state index contributed by atoms with van der Waals surface area (Å²) in [6, 6.07) is 0.560. The van der Waals surface area contributed by atoms with Gasteiger partial charge in [0.05, 0.1) is 0 Å². The van der Waals surface area contributed by atoms with Crippen LogP contribution in [0.4, 0.5) is 0 Å². The molecule has 1 unspecified atom stereocenters. The molecule has 12 heavy (non-hydrogen) atoms. The minimum atomic E-state index is 0.560. The minimum absolute atomic E-state index is 0.560. The molecule has 0 aliphatic rings. The lowest BCUT2D eigenvalue weighted by Gasteiger charge is -2.22. The van der Waals surface area contributed by atoms with Crippen molar-refractivity contribution < 1.29 is 0 Å². The van der Waals surface area contributed by atoms with Crippen LogP contribution in [0.3, 0.4) is 0 Å². The maximum absolute atomic E-state index is 3.36. The van der Waals surface area contributed by atoms with Gasteiger partial charge in [-0.3, -0.25) is 0 Å². The summed E-state index contributed by atoms with van der Waals surface area (Å²) in [6.07, 6.45) is 4.84. The number of hydrogen-bond donors (Lipinski definition) is 1. The van der Waals surface area contributed by atoms with Crippen molar-refractivity contribution in [3.8, 4) is 0 Å². The molecule has 0 spiro atoms. The molecule has 0 aromatic carbocycles. The molecule has 0 aliphatic heterocycles. The highest BCUT2D eigenvalue weighted by atomic mass is 14.9. The molecule has 0 bridgehead atoms. The highest BCUT2D eigenvalue weighted by Crippen LogP contribution is 2.14. The molecule has 0 amide bonds. The van der Waals surface area contributed by atoms with E-state index < -0.39 is 0 Å². The Bertz CT molecular complexity index is 130. The Balaban J connectivity index is 4.21. The molecule has 0 aromatic heterocycles. The summed E-state index contributed by atoms with van der Waals surface area (Å²) in [7, 11) is 2.04. The Morgan fingerprint density at radius 2 is 1.75 bits per heavy atom. The summed E-state index contributed by atoms with van der Waals surface area (Å²) in [5, 5.41) is 3.36. The maximum atomic E-state index is 3.36. The van der Waals surface area contributed by atoms with Crippen LogP contribution in [-0.4, -0.2) is 13.1 Å². The van der Waals surface area contributed by atoms with E-state index in [1.54, 1.807) is 0 Å². The van der Waals surface area contributed by atoms with Gasteiger partial charge in [0.25, 0.3) is 0 Å². The molecule has 0 fully saturated rings. The third-order valence-electron chi connectivity index (χ3n) is 2.40. The molecule has 1 atom stereocenters. The predicted molar refractivity (Wildman–Crippen MR) is 56.4 cm³/mol. The molecule has 0 saturated carbocycles. The highest BCUT2D eigenvalue weighted by Gasteiger charge is 2.12. The largest absolute Gasteiger partial charge is 0.313 e. The lowest BCUT2D eigenvalue weighted by molar-refractivity contribution is 0.401. The molecule has 0 aromatic rings. The molecule has 72 valence electrons. The van der Waals surface area contributed by atoms with Gasteiger partial charge in [0.1, 0.15) is 0 Å².